The van der Waals surface area contributed by atoms with Crippen LogP contribution in [0.3, 0.4) is 0 Å². The summed E-state index contributed by atoms with van der Waals surface area (Å²) < 4.78 is 2.06. The first-order valence-corrected chi connectivity index (χ1v) is 5.60. The Morgan fingerprint density at radius 2 is 2.50 bits per heavy atom. The molecular weight excluding hydrogens is 289 g/mol. The normalized spacial score (nSPS) is 10.8. The Kier molecular flexibility index (Phi) is 2.09. The third-order valence-corrected chi connectivity index (χ3v) is 2.83. The first-order chi connectivity index (χ1) is 5.81. The van der Waals surface area contributed by atoms with Gasteiger partial charge in [-0.05, 0) is 0 Å². The lowest BCUT2D eigenvalue weighted by Crippen LogP contribution is -2.14. The summed E-state index contributed by atoms with van der Waals surface area (Å²) in [6.07, 6.45) is 0. The van der Waals surface area contributed by atoms with E-state index in [0.29, 0.717) is 4.96 Å². The molecule has 0 unspecified atom stereocenters. The van der Waals surface area contributed by atoms with Gasteiger partial charge in [0.2, 0.25) is 4.96 Å². The minimum atomic E-state index is -0.104. The summed E-state index contributed by atoms with van der Waals surface area (Å²) in [7, 11) is 0. The van der Waals surface area contributed by atoms with Crippen molar-refractivity contribution in [3.05, 3.63) is 27.6 Å². The van der Waals surface area contributed by atoms with Crippen molar-refractivity contribution >= 4 is 38.9 Å². The molecule has 0 saturated heterocycles. The molecule has 0 aliphatic rings. The molecule has 0 saturated carbocycles. The number of alkyl halides is 1. The second kappa shape index (κ2) is 3.09. The number of hydrogen-bond donors (Lipinski definition) is 0. The fourth-order valence-electron chi connectivity index (χ4n) is 0.869. The van der Waals surface area contributed by atoms with Crippen LogP contribution in [0, 0.1) is 0 Å². The maximum absolute atomic E-state index is 11.3. The largest absolute Gasteiger partial charge is 0.275 e. The van der Waals surface area contributed by atoms with E-state index in [1.54, 1.807) is 5.51 Å². The van der Waals surface area contributed by atoms with Crippen LogP contribution in [0.15, 0.2) is 16.4 Å². The van der Waals surface area contributed by atoms with Crippen LogP contribution in [0.5, 0.6) is 0 Å². The highest BCUT2D eigenvalue weighted by Crippen LogP contribution is 2.05. The first-order valence-electron chi connectivity index (χ1n) is 3.19. The van der Waals surface area contributed by atoms with Crippen molar-refractivity contribution in [2.75, 3.05) is 0 Å². The number of aromatic nitrogens is 3. The lowest BCUT2D eigenvalue weighted by Gasteiger charge is -1.92. The highest BCUT2D eigenvalue weighted by atomic mass is 127. The maximum Gasteiger partial charge on any atom is 0.275 e. The van der Waals surface area contributed by atoms with Gasteiger partial charge in [0.05, 0.1) is 5.69 Å². The monoisotopic (exact) mass is 293 g/mol. The molecule has 0 fully saturated rings. The Labute approximate surface area is 85.4 Å². The molecule has 6 heteroatoms. The lowest BCUT2D eigenvalue weighted by molar-refractivity contribution is 0.890. The van der Waals surface area contributed by atoms with Gasteiger partial charge in [-0.1, -0.05) is 33.9 Å². The molecule has 0 amide bonds. The average molecular weight is 293 g/mol. The molecular formula is C6H4IN3OS. The highest BCUT2D eigenvalue weighted by molar-refractivity contribution is 14.1. The summed E-state index contributed by atoms with van der Waals surface area (Å²) in [5.74, 6) is 0. The molecule has 4 nitrogen and oxygen atoms in total. The van der Waals surface area contributed by atoms with Crippen LogP contribution in [0.4, 0.5) is 0 Å². The van der Waals surface area contributed by atoms with Gasteiger partial charge in [0.1, 0.15) is 5.51 Å². The van der Waals surface area contributed by atoms with Gasteiger partial charge in [-0.15, -0.1) is 0 Å². The van der Waals surface area contributed by atoms with Crippen molar-refractivity contribution in [2.45, 2.75) is 4.43 Å². The van der Waals surface area contributed by atoms with Crippen molar-refractivity contribution in [3.8, 4) is 0 Å². The van der Waals surface area contributed by atoms with E-state index in [1.807, 2.05) is 0 Å². The number of nitrogens with zero attached hydrogens (tertiary/aromatic N) is 3. The minimum Gasteiger partial charge on any atom is -0.267 e. The third kappa shape index (κ3) is 1.24. The Bertz CT molecular complexity index is 463. The predicted molar refractivity (Wildman–Crippen MR) is 54.9 cm³/mol. The molecule has 0 aliphatic carbocycles. The van der Waals surface area contributed by atoms with Crippen LogP contribution in [0.2, 0.25) is 0 Å². The first kappa shape index (κ1) is 8.11. The van der Waals surface area contributed by atoms with Crippen molar-refractivity contribution in [3.63, 3.8) is 0 Å². The van der Waals surface area contributed by atoms with Crippen LogP contribution >= 0.6 is 33.9 Å². The van der Waals surface area contributed by atoms with E-state index >= 15 is 0 Å². The van der Waals surface area contributed by atoms with E-state index in [4.69, 9.17) is 0 Å². The number of hydrogen-bond acceptors (Lipinski definition) is 4. The second-order valence-corrected chi connectivity index (χ2v) is 3.73. The Hall–Kier alpha value is -0.500. The van der Waals surface area contributed by atoms with E-state index in [2.05, 4.69) is 32.7 Å². The van der Waals surface area contributed by atoms with Crippen LogP contribution in [0.25, 0.3) is 4.96 Å². The number of halogens is 1. The molecule has 2 aromatic rings. The average Bonchev–Trinajstić information content (AvgIpc) is 2.52. The molecule has 62 valence electrons. The molecule has 12 heavy (non-hydrogen) atoms. The Morgan fingerprint density at radius 1 is 1.67 bits per heavy atom. The van der Waals surface area contributed by atoms with Crippen molar-refractivity contribution in [2.24, 2.45) is 0 Å². The Morgan fingerprint density at radius 3 is 3.25 bits per heavy atom. The zero-order chi connectivity index (χ0) is 8.55. The zero-order valence-corrected chi connectivity index (χ0v) is 8.87. The van der Waals surface area contributed by atoms with Crippen LogP contribution in [-0.4, -0.2) is 14.6 Å². The van der Waals surface area contributed by atoms with Crippen LogP contribution in [-0.2, 0) is 4.43 Å². The second-order valence-electron chi connectivity index (χ2n) is 2.15. The van der Waals surface area contributed by atoms with E-state index in [1.165, 1.54) is 21.9 Å². The Balaban J connectivity index is 2.84. The number of fused-ring (bicyclic) bond motifs is 1. The minimum absolute atomic E-state index is 0.104. The van der Waals surface area contributed by atoms with Gasteiger partial charge in [-0.2, -0.15) is 9.61 Å². The van der Waals surface area contributed by atoms with Gasteiger partial charge in [-0.25, -0.2) is 4.98 Å². The van der Waals surface area contributed by atoms with E-state index in [9.17, 15) is 4.79 Å². The van der Waals surface area contributed by atoms with Gasteiger partial charge in [0.25, 0.3) is 5.56 Å². The summed E-state index contributed by atoms with van der Waals surface area (Å²) in [4.78, 5) is 16.2. The molecule has 0 bridgehead atoms. The quantitative estimate of drug-likeness (QED) is 0.584. The summed E-state index contributed by atoms with van der Waals surface area (Å²) >= 11 is 3.54. The van der Waals surface area contributed by atoms with Crippen LogP contribution in [0.1, 0.15) is 5.69 Å². The summed E-state index contributed by atoms with van der Waals surface area (Å²) in [5, 5.41) is 3.85. The molecule has 0 aliphatic heterocycles. The fraction of sp³-hybridized carbons (Fsp3) is 0.167. The summed E-state index contributed by atoms with van der Waals surface area (Å²) in [6.45, 7) is 0. The van der Waals surface area contributed by atoms with E-state index in [0.717, 1.165) is 10.1 Å². The highest BCUT2D eigenvalue weighted by Gasteiger charge is 2.01. The van der Waals surface area contributed by atoms with Crippen molar-refractivity contribution in [1.82, 2.24) is 14.6 Å². The van der Waals surface area contributed by atoms with E-state index in [-0.39, 0.29) is 5.56 Å². The fourth-order valence-corrected chi connectivity index (χ4v) is 1.90. The smallest absolute Gasteiger partial charge is 0.267 e. The molecule has 0 spiro atoms. The summed E-state index contributed by atoms with van der Waals surface area (Å²) in [6, 6.07) is 1.51. The lowest BCUT2D eigenvalue weighted by atomic mass is 10.5. The van der Waals surface area contributed by atoms with E-state index < -0.39 is 0 Å². The maximum atomic E-state index is 11.3. The van der Waals surface area contributed by atoms with Gasteiger partial charge < -0.3 is 0 Å². The van der Waals surface area contributed by atoms with Gasteiger partial charge in [0, 0.05) is 10.5 Å². The SMILES string of the molecule is O=c1cc(CI)nc2scnn12. The van der Waals surface area contributed by atoms with Gasteiger partial charge in [0.15, 0.2) is 0 Å². The molecule has 2 aromatic heterocycles. The molecule has 2 heterocycles. The molecule has 0 N–H and O–H groups in total. The van der Waals surface area contributed by atoms with Crippen molar-refractivity contribution < 1.29 is 0 Å². The number of rotatable bonds is 1. The van der Waals surface area contributed by atoms with Crippen molar-refractivity contribution in [1.29, 1.82) is 0 Å². The standard InChI is InChI=1S/C6H4IN3OS/c7-2-4-1-5(11)10-6(9-4)12-3-8-10/h1,3H,2H2. The van der Waals surface area contributed by atoms with Gasteiger partial charge >= 0.3 is 0 Å². The molecule has 0 radical (unpaired) electrons. The van der Waals surface area contributed by atoms with Crippen LogP contribution < -0.4 is 5.56 Å². The molecule has 0 aromatic carbocycles. The van der Waals surface area contributed by atoms with Gasteiger partial charge in [-0.3, -0.25) is 4.79 Å². The topological polar surface area (TPSA) is 47.3 Å². The zero-order valence-electron chi connectivity index (χ0n) is 5.90. The predicted octanol–water partition coefficient (Wildman–Crippen LogP) is 1.09. The third-order valence-electron chi connectivity index (χ3n) is 1.38. The molecule has 0 atom stereocenters. The molecule has 2 rings (SSSR count). The summed E-state index contributed by atoms with van der Waals surface area (Å²) in [5.41, 5.74) is 2.32.